The van der Waals surface area contributed by atoms with Gasteiger partial charge in [-0.05, 0) is 42.8 Å². The fraction of sp³-hybridized carbons (Fsp3) is 0.100. The molecular weight excluding hydrogens is 451 g/mol. The third-order valence-corrected chi connectivity index (χ3v) is 5.34. The molecule has 154 valence electrons. The lowest BCUT2D eigenvalue weighted by atomic mass is 10.1. The SMILES string of the molecule is C[C@@H](Oc1ccc(/C=C2\C(=O)NC(=O)N(c3cccc(Cl)c3Cl)C2=S)cc1)C(=O)O. The zero-order chi connectivity index (χ0) is 22.0. The zero-order valence-electron chi connectivity index (χ0n) is 15.4. The number of amides is 3. The van der Waals surface area contributed by atoms with E-state index in [0.717, 1.165) is 4.90 Å². The van der Waals surface area contributed by atoms with Gasteiger partial charge < -0.3 is 9.84 Å². The molecule has 2 aromatic rings. The molecule has 1 saturated heterocycles. The van der Waals surface area contributed by atoms with Crippen LogP contribution < -0.4 is 15.0 Å². The summed E-state index contributed by atoms with van der Waals surface area (Å²) in [5, 5.41) is 11.5. The highest BCUT2D eigenvalue weighted by molar-refractivity contribution is 7.81. The molecule has 0 aromatic heterocycles. The fourth-order valence-electron chi connectivity index (χ4n) is 2.61. The van der Waals surface area contributed by atoms with Crippen molar-refractivity contribution in [3.05, 3.63) is 63.6 Å². The Bertz CT molecular complexity index is 1090. The van der Waals surface area contributed by atoms with Gasteiger partial charge in [-0.1, -0.05) is 53.6 Å². The molecule has 1 aliphatic rings. The number of aliphatic carboxylic acids is 1. The summed E-state index contributed by atoms with van der Waals surface area (Å²) in [6, 6.07) is 10.4. The summed E-state index contributed by atoms with van der Waals surface area (Å²) in [4.78, 5) is 36.7. The first kappa shape index (κ1) is 21.8. The van der Waals surface area contributed by atoms with Gasteiger partial charge in [-0.25, -0.2) is 9.59 Å². The van der Waals surface area contributed by atoms with Crippen LogP contribution in [0, 0.1) is 0 Å². The number of halogens is 2. The molecule has 1 fully saturated rings. The first-order valence-electron chi connectivity index (χ1n) is 8.54. The number of nitrogens with zero attached hydrogens (tertiary/aromatic N) is 1. The summed E-state index contributed by atoms with van der Waals surface area (Å²) in [6.07, 6.45) is 0.493. The van der Waals surface area contributed by atoms with E-state index in [-0.39, 0.29) is 26.3 Å². The number of hydrogen-bond acceptors (Lipinski definition) is 5. The normalized spacial score (nSPS) is 16.4. The molecule has 3 amide bonds. The minimum atomic E-state index is -1.09. The minimum absolute atomic E-state index is 0.0345. The summed E-state index contributed by atoms with van der Waals surface area (Å²) in [5.41, 5.74) is 0.911. The van der Waals surface area contributed by atoms with E-state index in [2.05, 4.69) is 5.32 Å². The first-order chi connectivity index (χ1) is 14.2. The Morgan fingerprint density at radius 3 is 2.50 bits per heavy atom. The zero-order valence-corrected chi connectivity index (χ0v) is 17.7. The topological polar surface area (TPSA) is 95.9 Å². The molecule has 7 nitrogen and oxygen atoms in total. The highest BCUT2D eigenvalue weighted by Crippen LogP contribution is 2.34. The van der Waals surface area contributed by atoms with Gasteiger partial charge in [-0.3, -0.25) is 15.0 Å². The van der Waals surface area contributed by atoms with Crippen LogP contribution in [0.2, 0.25) is 10.0 Å². The third kappa shape index (κ3) is 4.46. The van der Waals surface area contributed by atoms with E-state index in [1.165, 1.54) is 13.0 Å². The van der Waals surface area contributed by atoms with Crippen LogP contribution in [-0.4, -0.2) is 34.1 Å². The fourth-order valence-corrected chi connectivity index (χ4v) is 3.32. The van der Waals surface area contributed by atoms with Crippen molar-refractivity contribution in [1.29, 1.82) is 0 Å². The van der Waals surface area contributed by atoms with Crippen molar-refractivity contribution in [1.82, 2.24) is 5.32 Å². The van der Waals surface area contributed by atoms with Crippen molar-refractivity contribution in [3.63, 3.8) is 0 Å². The third-order valence-electron chi connectivity index (χ3n) is 4.13. The van der Waals surface area contributed by atoms with E-state index in [9.17, 15) is 14.4 Å². The number of anilines is 1. The molecule has 3 rings (SSSR count). The van der Waals surface area contributed by atoms with E-state index < -0.39 is 24.0 Å². The number of carboxylic acids is 1. The second-order valence-corrected chi connectivity index (χ2v) is 7.37. The maximum atomic E-state index is 12.4. The van der Waals surface area contributed by atoms with Crippen LogP contribution in [0.4, 0.5) is 10.5 Å². The van der Waals surface area contributed by atoms with Crippen LogP contribution in [0.3, 0.4) is 0 Å². The van der Waals surface area contributed by atoms with E-state index in [4.69, 9.17) is 45.3 Å². The van der Waals surface area contributed by atoms with Crippen LogP contribution >= 0.6 is 35.4 Å². The maximum Gasteiger partial charge on any atom is 0.344 e. The van der Waals surface area contributed by atoms with Gasteiger partial charge in [0.1, 0.15) is 10.7 Å². The van der Waals surface area contributed by atoms with Gasteiger partial charge in [-0.2, -0.15) is 0 Å². The molecule has 2 aromatic carbocycles. The molecule has 0 unspecified atom stereocenters. The Labute approximate surface area is 186 Å². The lowest BCUT2D eigenvalue weighted by Gasteiger charge is -2.29. The molecular formula is C20H14Cl2N2O5S. The summed E-state index contributed by atoms with van der Waals surface area (Å²) >= 11 is 17.6. The summed E-state index contributed by atoms with van der Waals surface area (Å²) in [7, 11) is 0. The molecule has 1 atom stereocenters. The van der Waals surface area contributed by atoms with Crippen molar-refractivity contribution in [2.24, 2.45) is 0 Å². The van der Waals surface area contributed by atoms with Crippen LogP contribution in [0.5, 0.6) is 5.75 Å². The minimum Gasteiger partial charge on any atom is -0.479 e. The lowest BCUT2D eigenvalue weighted by Crippen LogP contribution is -2.53. The lowest BCUT2D eigenvalue weighted by molar-refractivity contribution is -0.144. The predicted molar refractivity (Wildman–Crippen MR) is 117 cm³/mol. The Balaban J connectivity index is 1.91. The first-order valence-corrected chi connectivity index (χ1v) is 9.70. The molecule has 0 saturated carbocycles. The summed E-state index contributed by atoms with van der Waals surface area (Å²) in [5.74, 6) is -1.39. The van der Waals surface area contributed by atoms with Crippen LogP contribution in [0.15, 0.2) is 48.0 Å². The molecule has 0 radical (unpaired) electrons. The number of benzene rings is 2. The molecule has 0 spiro atoms. The maximum absolute atomic E-state index is 12.4. The Morgan fingerprint density at radius 1 is 1.20 bits per heavy atom. The van der Waals surface area contributed by atoms with Gasteiger partial charge in [0.25, 0.3) is 5.91 Å². The van der Waals surface area contributed by atoms with Crippen molar-refractivity contribution in [2.45, 2.75) is 13.0 Å². The van der Waals surface area contributed by atoms with Crippen LogP contribution in [0.25, 0.3) is 6.08 Å². The number of hydrogen-bond donors (Lipinski definition) is 2. The average Bonchev–Trinajstić information content (AvgIpc) is 2.69. The number of carboxylic acid groups (broad SMARTS) is 1. The number of carbonyl (C=O) groups excluding carboxylic acids is 2. The highest BCUT2D eigenvalue weighted by atomic mass is 35.5. The molecule has 0 aliphatic carbocycles. The summed E-state index contributed by atoms with van der Waals surface area (Å²) in [6.45, 7) is 1.41. The van der Waals surface area contributed by atoms with Crippen molar-refractivity contribution in [3.8, 4) is 5.75 Å². The second kappa shape index (κ2) is 8.83. The molecule has 2 N–H and O–H groups in total. The Kier molecular flexibility index (Phi) is 6.40. The van der Waals surface area contributed by atoms with Crippen molar-refractivity contribution < 1.29 is 24.2 Å². The van der Waals surface area contributed by atoms with Crippen LogP contribution in [-0.2, 0) is 9.59 Å². The largest absolute Gasteiger partial charge is 0.479 e. The summed E-state index contributed by atoms with van der Waals surface area (Å²) < 4.78 is 5.27. The van der Waals surface area contributed by atoms with Gasteiger partial charge in [0.2, 0.25) is 0 Å². The quantitative estimate of drug-likeness (QED) is 0.505. The van der Waals surface area contributed by atoms with Gasteiger partial charge in [-0.15, -0.1) is 0 Å². The predicted octanol–water partition coefficient (Wildman–Crippen LogP) is 4.31. The average molecular weight is 465 g/mol. The number of thiocarbonyl (C=S) groups is 1. The van der Waals surface area contributed by atoms with Crippen LogP contribution in [0.1, 0.15) is 12.5 Å². The number of carbonyl (C=O) groups is 3. The highest BCUT2D eigenvalue weighted by Gasteiger charge is 2.35. The van der Waals surface area contributed by atoms with Gasteiger partial charge in [0, 0.05) is 0 Å². The van der Waals surface area contributed by atoms with E-state index >= 15 is 0 Å². The van der Waals surface area contributed by atoms with Gasteiger partial charge in [0.05, 0.1) is 21.3 Å². The van der Waals surface area contributed by atoms with E-state index in [0.29, 0.717) is 11.3 Å². The van der Waals surface area contributed by atoms with Gasteiger partial charge in [0.15, 0.2) is 6.10 Å². The Morgan fingerprint density at radius 2 is 1.87 bits per heavy atom. The molecule has 30 heavy (non-hydrogen) atoms. The van der Waals surface area contributed by atoms with Crippen molar-refractivity contribution >= 4 is 70.1 Å². The molecule has 0 bridgehead atoms. The number of nitrogens with one attached hydrogen (secondary N) is 1. The number of imide groups is 1. The second-order valence-electron chi connectivity index (χ2n) is 6.20. The monoisotopic (exact) mass is 464 g/mol. The van der Waals surface area contributed by atoms with Gasteiger partial charge >= 0.3 is 12.0 Å². The number of urea groups is 1. The standard InChI is InChI=1S/C20H14Cl2N2O5S/c1-10(19(26)27)29-12-7-5-11(6-8-12)9-13-17(25)23-20(28)24(18(13)30)15-4-2-3-14(21)16(15)22/h2-10H,1H3,(H,26,27)(H,23,25,28)/b13-9+/t10-/m1/s1. The molecule has 10 heteroatoms. The Hall–Kier alpha value is -2.94. The van der Waals surface area contributed by atoms with Crippen molar-refractivity contribution in [2.75, 3.05) is 4.90 Å². The van der Waals surface area contributed by atoms with E-state index in [1.807, 2.05) is 0 Å². The van der Waals surface area contributed by atoms with E-state index in [1.54, 1.807) is 42.5 Å². The molecule has 1 aliphatic heterocycles. The molecule has 1 heterocycles. The number of rotatable bonds is 5. The smallest absolute Gasteiger partial charge is 0.344 e. The number of ether oxygens (including phenoxy) is 1.